The Morgan fingerprint density at radius 2 is 1.90 bits per heavy atom. The van der Waals surface area contributed by atoms with E-state index in [-0.39, 0.29) is 5.60 Å². The van der Waals surface area contributed by atoms with E-state index in [1.807, 2.05) is 32.9 Å². The van der Waals surface area contributed by atoms with Crippen molar-refractivity contribution in [1.82, 2.24) is 4.98 Å². The molecule has 21 heavy (non-hydrogen) atoms. The molecule has 0 amide bonds. The fourth-order valence-electron chi connectivity index (χ4n) is 2.79. The van der Waals surface area contributed by atoms with E-state index < -0.39 is 0 Å². The molecule has 3 unspecified atom stereocenters. The Kier molecular flexibility index (Phi) is 4.64. The molecular formula is C17H29N3O. The molecule has 3 atom stereocenters. The lowest BCUT2D eigenvalue weighted by Gasteiger charge is -2.33. The van der Waals surface area contributed by atoms with Gasteiger partial charge in [0.1, 0.15) is 11.4 Å². The van der Waals surface area contributed by atoms with Crippen LogP contribution in [0.4, 0.5) is 11.5 Å². The lowest BCUT2D eigenvalue weighted by atomic mass is 9.79. The van der Waals surface area contributed by atoms with Crippen LogP contribution >= 0.6 is 0 Å². The molecule has 1 fully saturated rings. The highest BCUT2D eigenvalue weighted by molar-refractivity contribution is 5.54. The first kappa shape index (κ1) is 15.9. The van der Waals surface area contributed by atoms with Gasteiger partial charge in [-0.2, -0.15) is 4.98 Å². The Labute approximate surface area is 128 Å². The number of nitrogen functional groups attached to an aromatic ring is 1. The summed E-state index contributed by atoms with van der Waals surface area (Å²) in [6.45, 7) is 10.7. The molecule has 1 aliphatic rings. The molecule has 2 rings (SSSR count). The van der Waals surface area contributed by atoms with Crippen LogP contribution in [-0.4, -0.2) is 16.6 Å². The van der Waals surface area contributed by atoms with Crippen LogP contribution in [0.3, 0.4) is 0 Å². The fourth-order valence-corrected chi connectivity index (χ4v) is 2.79. The van der Waals surface area contributed by atoms with Crippen molar-refractivity contribution in [3.05, 3.63) is 12.1 Å². The highest BCUT2D eigenvalue weighted by Gasteiger charge is 2.25. The van der Waals surface area contributed by atoms with Gasteiger partial charge in [0.05, 0.1) is 5.69 Å². The summed E-state index contributed by atoms with van der Waals surface area (Å²) in [6.07, 6.45) is 3.68. The summed E-state index contributed by atoms with van der Waals surface area (Å²) in [5, 5.41) is 3.54. The van der Waals surface area contributed by atoms with E-state index in [1.54, 1.807) is 0 Å². The summed E-state index contributed by atoms with van der Waals surface area (Å²) in [5.74, 6) is 2.96. The number of rotatable bonds is 3. The van der Waals surface area contributed by atoms with E-state index in [4.69, 9.17) is 10.5 Å². The third kappa shape index (κ3) is 4.51. The lowest BCUT2D eigenvalue weighted by Crippen LogP contribution is -2.30. The monoisotopic (exact) mass is 291 g/mol. The third-order valence-electron chi connectivity index (χ3n) is 4.24. The summed E-state index contributed by atoms with van der Waals surface area (Å²) in [7, 11) is 0. The number of nitrogens with zero attached hydrogens (tertiary/aromatic N) is 1. The number of aromatic nitrogens is 1. The smallest absolute Gasteiger partial charge is 0.239 e. The number of hydrogen-bond donors (Lipinski definition) is 2. The number of nitrogens with two attached hydrogens (primary N) is 1. The van der Waals surface area contributed by atoms with Crippen LogP contribution in [0, 0.1) is 11.8 Å². The van der Waals surface area contributed by atoms with E-state index in [1.165, 1.54) is 19.3 Å². The van der Waals surface area contributed by atoms with Gasteiger partial charge in [0, 0.05) is 6.04 Å². The van der Waals surface area contributed by atoms with Crippen LogP contribution in [0.1, 0.15) is 53.9 Å². The van der Waals surface area contributed by atoms with Gasteiger partial charge in [-0.25, -0.2) is 0 Å². The Balaban J connectivity index is 2.05. The first-order valence-corrected chi connectivity index (χ1v) is 7.96. The van der Waals surface area contributed by atoms with Crippen molar-refractivity contribution in [1.29, 1.82) is 0 Å². The van der Waals surface area contributed by atoms with Crippen molar-refractivity contribution < 1.29 is 4.74 Å². The Hall–Kier alpha value is -1.45. The highest BCUT2D eigenvalue weighted by Crippen LogP contribution is 2.32. The van der Waals surface area contributed by atoms with Gasteiger partial charge in [0.15, 0.2) is 0 Å². The van der Waals surface area contributed by atoms with Gasteiger partial charge in [0.25, 0.3) is 0 Å². The molecule has 1 heterocycles. The van der Waals surface area contributed by atoms with Gasteiger partial charge >= 0.3 is 0 Å². The van der Waals surface area contributed by atoms with Gasteiger partial charge in [-0.3, -0.25) is 0 Å². The molecule has 1 aromatic heterocycles. The molecule has 3 N–H and O–H groups in total. The molecule has 118 valence electrons. The molecule has 1 aliphatic carbocycles. The number of anilines is 2. The van der Waals surface area contributed by atoms with Gasteiger partial charge in [0.2, 0.25) is 5.88 Å². The van der Waals surface area contributed by atoms with E-state index in [0.29, 0.717) is 17.6 Å². The quantitative estimate of drug-likeness (QED) is 0.881. The predicted molar refractivity (Wildman–Crippen MR) is 88.6 cm³/mol. The molecule has 0 bridgehead atoms. The van der Waals surface area contributed by atoms with Crippen LogP contribution < -0.4 is 15.8 Å². The molecule has 0 radical (unpaired) electrons. The highest BCUT2D eigenvalue weighted by atomic mass is 16.5. The molecule has 0 aliphatic heterocycles. The lowest BCUT2D eigenvalue weighted by molar-refractivity contribution is 0.125. The number of hydrogen-bond acceptors (Lipinski definition) is 4. The number of pyridine rings is 1. The summed E-state index contributed by atoms with van der Waals surface area (Å²) in [6, 6.07) is 4.30. The fraction of sp³-hybridized carbons (Fsp3) is 0.706. The average Bonchev–Trinajstić information content (AvgIpc) is 2.36. The Morgan fingerprint density at radius 3 is 2.52 bits per heavy atom. The average molecular weight is 291 g/mol. The molecule has 0 aromatic carbocycles. The standard InChI is InChI=1S/C17H29N3O/c1-11-6-7-13(10-12(11)2)19-15-9-8-14(18)16(20-15)21-17(3,4)5/h8-9,11-13H,6-7,10,18H2,1-5H3,(H,19,20). The van der Waals surface area contributed by atoms with Crippen molar-refractivity contribution in [2.75, 3.05) is 11.1 Å². The minimum Gasteiger partial charge on any atom is -0.470 e. The summed E-state index contributed by atoms with van der Waals surface area (Å²) in [5.41, 5.74) is 6.24. The maximum atomic E-state index is 5.95. The zero-order valence-corrected chi connectivity index (χ0v) is 13.9. The Morgan fingerprint density at radius 1 is 1.19 bits per heavy atom. The maximum absolute atomic E-state index is 5.95. The second kappa shape index (κ2) is 6.12. The summed E-state index contributed by atoms with van der Waals surface area (Å²) >= 11 is 0. The van der Waals surface area contributed by atoms with Gasteiger partial charge < -0.3 is 15.8 Å². The molecule has 1 saturated carbocycles. The molecule has 4 nitrogen and oxygen atoms in total. The van der Waals surface area contributed by atoms with Gasteiger partial charge in [-0.05, 0) is 64.0 Å². The van der Waals surface area contributed by atoms with Crippen LogP contribution in [0.25, 0.3) is 0 Å². The third-order valence-corrected chi connectivity index (χ3v) is 4.24. The van der Waals surface area contributed by atoms with E-state index >= 15 is 0 Å². The predicted octanol–water partition coefficient (Wildman–Crippen LogP) is 4.08. The van der Waals surface area contributed by atoms with Crippen LogP contribution in [0.15, 0.2) is 12.1 Å². The van der Waals surface area contributed by atoms with Gasteiger partial charge in [-0.1, -0.05) is 13.8 Å². The topological polar surface area (TPSA) is 60.2 Å². The first-order chi connectivity index (χ1) is 9.74. The largest absolute Gasteiger partial charge is 0.470 e. The van der Waals surface area contributed by atoms with Crippen molar-refractivity contribution in [2.45, 2.75) is 65.5 Å². The second-order valence-electron chi connectivity index (χ2n) is 7.41. The second-order valence-corrected chi connectivity index (χ2v) is 7.41. The van der Waals surface area contributed by atoms with Crippen molar-refractivity contribution in [3.63, 3.8) is 0 Å². The number of ether oxygens (including phenoxy) is 1. The molecule has 0 saturated heterocycles. The van der Waals surface area contributed by atoms with Crippen LogP contribution in [0.5, 0.6) is 5.88 Å². The SMILES string of the molecule is CC1CCC(Nc2ccc(N)c(OC(C)(C)C)n2)CC1C. The molecule has 0 spiro atoms. The minimum absolute atomic E-state index is 0.297. The summed E-state index contributed by atoms with van der Waals surface area (Å²) < 4.78 is 5.82. The Bertz CT molecular complexity index is 481. The van der Waals surface area contributed by atoms with Crippen molar-refractivity contribution >= 4 is 11.5 Å². The first-order valence-electron chi connectivity index (χ1n) is 7.96. The minimum atomic E-state index is -0.297. The molecule has 4 heteroatoms. The van der Waals surface area contributed by atoms with Crippen LogP contribution in [-0.2, 0) is 0 Å². The normalized spacial score (nSPS) is 26.4. The zero-order chi connectivity index (χ0) is 15.6. The number of nitrogens with one attached hydrogen (secondary N) is 1. The maximum Gasteiger partial charge on any atom is 0.239 e. The molecular weight excluding hydrogens is 262 g/mol. The van der Waals surface area contributed by atoms with Crippen molar-refractivity contribution in [3.8, 4) is 5.88 Å². The zero-order valence-electron chi connectivity index (χ0n) is 13.9. The van der Waals surface area contributed by atoms with E-state index in [0.717, 1.165) is 17.7 Å². The van der Waals surface area contributed by atoms with E-state index in [2.05, 4.69) is 24.1 Å². The van der Waals surface area contributed by atoms with E-state index in [9.17, 15) is 0 Å². The summed E-state index contributed by atoms with van der Waals surface area (Å²) in [4.78, 5) is 4.54. The van der Waals surface area contributed by atoms with Crippen LogP contribution in [0.2, 0.25) is 0 Å². The van der Waals surface area contributed by atoms with Gasteiger partial charge in [-0.15, -0.1) is 0 Å². The molecule has 1 aromatic rings. The van der Waals surface area contributed by atoms with Crippen molar-refractivity contribution in [2.24, 2.45) is 11.8 Å².